The number of nitriles is 1. The molecule has 8 heteroatoms. The number of hydrogen-bond acceptors (Lipinski definition) is 6. The topological polar surface area (TPSA) is 69.3 Å². The largest absolute Gasteiger partial charge is 0.357 e. The molecule has 2 aliphatic heterocycles. The Labute approximate surface area is 219 Å². The van der Waals surface area contributed by atoms with Gasteiger partial charge in [-0.1, -0.05) is 64.0 Å². The van der Waals surface area contributed by atoms with E-state index in [2.05, 4.69) is 31.7 Å². The second-order valence-corrected chi connectivity index (χ2v) is 11.5. The molecule has 1 atom stereocenters. The number of hydrogen-bond donors (Lipinski definition) is 0. The van der Waals surface area contributed by atoms with Gasteiger partial charge >= 0.3 is 0 Å². The first-order valence-corrected chi connectivity index (χ1v) is 14.2. The number of thiocarbonyl (C=S) groups is 1. The molecule has 0 radical (unpaired) electrons. The number of carbonyl (C=O) groups is 1. The monoisotopic (exact) mass is 514 g/mol. The van der Waals surface area contributed by atoms with Crippen LogP contribution in [0.1, 0.15) is 82.9 Å². The molecule has 2 saturated heterocycles. The summed E-state index contributed by atoms with van der Waals surface area (Å²) >= 11 is 6.95. The van der Waals surface area contributed by atoms with Crippen molar-refractivity contribution < 1.29 is 4.79 Å². The smallest absolute Gasteiger partial charge is 0.270 e. The maximum Gasteiger partial charge on any atom is 0.270 e. The molecule has 1 aromatic rings. The van der Waals surface area contributed by atoms with Gasteiger partial charge in [0.15, 0.2) is 0 Å². The van der Waals surface area contributed by atoms with Crippen molar-refractivity contribution in [3.05, 3.63) is 31.9 Å². The third-order valence-electron chi connectivity index (χ3n) is 7.38. The van der Waals surface area contributed by atoms with Crippen molar-refractivity contribution in [3.8, 4) is 6.07 Å². The highest BCUT2D eigenvalue weighted by molar-refractivity contribution is 8.26. The van der Waals surface area contributed by atoms with E-state index in [0.29, 0.717) is 39.7 Å². The molecule has 190 valence electrons. The predicted molar refractivity (Wildman–Crippen MR) is 150 cm³/mol. The zero-order chi connectivity index (χ0) is 25.7. The van der Waals surface area contributed by atoms with E-state index in [1.54, 1.807) is 9.47 Å². The van der Waals surface area contributed by atoms with Crippen LogP contribution in [0.3, 0.4) is 0 Å². The predicted octanol–water partition coefficient (Wildman–Crippen LogP) is 5.70. The summed E-state index contributed by atoms with van der Waals surface area (Å²) in [7, 11) is 0. The maximum atomic E-state index is 13.5. The summed E-state index contributed by atoms with van der Waals surface area (Å²) < 4.78 is 2.29. The van der Waals surface area contributed by atoms with Crippen molar-refractivity contribution >= 4 is 46.1 Å². The number of amides is 1. The second-order valence-electron chi connectivity index (χ2n) is 9.78. The van der Waals surface area contributed by atoms with E-state index in [4.69, 9.17) is 12.2 Å². The van der Waals surface area contributed by atoms with E-state index < -0.39 is 0 Å². The first-order chi connectivity index (χ1) is 16.8. The lowest BCUT2D eigenvalue weighted by Gasteiger charge is -2.35. The van der Waals surface area contributed by atoms with Gasteiger partial charge in [-0.2, -0.15) is 5.26 Å². The van der Waals surface area contributed by atoms with Gasteiger partial charge in [-0.05, 0) is 56.6 Å². The Hall–Kier alpha value is -2.11. The molecule has 6 nitrogen and oxygen atoms in total. The first-order valence-electron chi connectivity index (χ1n) is 12.9. The summed E-state index contributed by atoms with van der Waals surface area (Å²) in [6.07, 6.45) is 8.37. The molecule has 1 unspecified atom stereocenters. The van der Waals surface area contributed by atoms with Gasteiger partial charge in [0.05, 0.1) is 4.91 Å². The number of nitrogens with zero attached hydrogens (tertiary/aromatic N) is 4. The Morgan fingerprint density at radius 3 is 2.49 bits per heavy atom. The summed E-state index contributed by atoms with van der Waals surface area (Å²) in [5.74, 6) is 1.82. The minimum absolute atomic E-state index is 0.0691. The molecule has 0 saturated carbocycles. The number of piperidine rings is 1. The van der Waals surface area contributed by atoms with Crippen LogP contribution < -0.4 is 10.5 Å². The molecule has 2 fully saturated rings. The van der Waals surface area contributed by atoms with Crippen LogP contribution in [0, 0.1) is 30.1 Å². The van der Waals surface area contributed by atoms with Gasteiger partial charge in [0.25, 0.3) is 11.5 Å². The molecule has 1 amide bonds. The fourth-order valence-corrected chi connectivity index (χ4v) is 6.22. The molecule has 0 spiro atoms. The van der Waals surface area contributed by atoms with Crippen molar-refractivity contribution in [1.82, 2.24) is 9.47 Å². The van der Waals surface area contributed by atoms with Crippen LogP contribution in [0.4, 0.5) is 5.82 Å². The van der Waals surface area contributed by atoms with E-state index in [1.807, 2.05) is 19.9 Å². The number of carbonyl (C=O) groups excluding carboxylic acids is 1. The number of rotatable bonds is 9. The number of thioether (sulfide) groups is 1. The molecular weight excluding hydrogens is 476 g/mol. The van der Waals surface area contributed by atoms with E-state index in [1.165, 1.54) is 11.8 Å². The van der Waals surface area contributed by atoms with Gasteiger partial charge in [0, 0.05) is 31.7 Å². The van der Waals surface area contributed by atoms with Crippen LogP contribution in [-0.2, 0) is 11.3 Å². The third-order valence-corrected chi connectivity index (χ3v) is 8.76. The number of anilines is 1. The zero-order valence-corrected chi connectivity index (χ0v) is 23.4. The van der Waals surface area contributed by atoms with Crippen molar-refractivity contribution in [1.29, 1.82) is 5.26 Å². The van der Waals surface area contributed by atoms with Crippen LogP contribution in [0.5, 0.6) is 0 Å². The van der Waals surface area contributed by atoms with Gasteiger partial charge < -0.3 is 4.90 Å². The Balaban J connectivity index is 2.06. The van der Waals surface area contributed by atoms with Crippen LogP contribution >= 0.6 is 24.0 Å². The minimum Gasteiger partial charge on any atom is -0.357 e. The molecule has 3 heterocycles. The molecule has 0 bridgehead atoms. The van der Waals surface area contributed by atoms with E-state index in [-0.39, 0.29) is 17.0 Å². The van der Waals surface area contributed by atoms with Gasteiger partial charge in [-0.25, -0.2) is 0 Å². The van der Waals surface area contributed by atoms with Crippen LogP contribution in [0.2, 0.25) is 0 Å². The van der Waals surface area contributed by atoms with Crippen LogP contribution in [0.25, 0.3) is 6.08 Å². The Bertz CT molecular complexity index is 1090. The third kappa shape index (κ3) is 5.83. The van der Waals surface area contributed by atoms with Gasteiger partial charge in [-0.3, -0.25) is 19.1 Å². The van der Waals surface area contributed by atoms with Gasteiger partial charge in [0.2, 0.25) is 0 Å². The summed E-state index contributed by atoms with van der Waals surface area (Å²) in [6.45, 7) is 13.2. The fourth-order valence-electron chi connectivity index (χ4n) is 4.96. The number of unbranched alkanes of at least 4 members (excludes halogenated alkanes) is 1. The summed E-state index contributed by atoms with van der Waals surface area (Å²) in [5.41, 5.74) is 1.31. The van der Waals surface area contributed by atoms with Crippen molar-refractivity contribution in [3.63, 3.8) is 0 Å². The molecular formula is C27H38N4O2S2. The van der Waals surface area contributed by atoms with Crippen molar-refractivity contribution in [2.75, 3.05) is 24.5 Å². The summed E-state index contributed by atoms with van der Waals surface area (Å²) in [4.78, 5) is 31.2. The number of aromatic nitrogens is 1. The fraction of sp³-hybridized carbons (Fsp3) is 0.630. The Kier molecular flexibility index (Phi) is 9.60. The van der Waals surface area contributed by atoms with Crippen LogP contribution in [0.15, 0.2) is 9.70 Å². The first kappa shape index (κ1) is 27.5. The molecule has 0 aliphatic carbocycles. The molecule has 3 rings (SSSR count). The van der Waals surface area contributed by atoms with E-state index in [0.717, 1.165) is 63.0 Å². The maximum absolute atomic E-state index is 13.5. The average Bonchev–Trinajstić information content (AvgIpc) is 3.11. The van der Waals surface area contributed by atoms with Gasteiger partial charge in [0.1, 0.15) is 21.8 Å². The quantitative estimate of drug-likeness (QED) is 0.311. The van der Waals surface area contributed by atoms with E-state index in [9.17, 15) is 14.9 Å². The van der Waals surface area contributed by atoms with Crippen molar-refractivity contribution in [2.45, 2.75) is 79.7 Å². The molecule has 2 aliphatic rings. The number of pyridine rings is 1. The lowest BCUT2D eigenvalue weighted by molar-refractivity contribution is -0.122. The average molecular weight is 515 g/mol. The minimum atomic E-state index is -0.257. The summed E-state index contributed by atoms with van der Waals surface area (Å²) in [5, 5.41) is 9.77. The highest BCUT2D eigenvalue weighted by Gasteiger charge is 2.34. The van der Waals surface area contributed by atoms with Crippen LogP contribution in [-0.4, -0.2) is 39.3 Å². The molecule has 1 aromatic heterocycles. The normalized spacial score (nSPS) is 19.0. The SMILES string of the molecule is CCCCC(CC)CN1C(=O)/C(=C/c2c(C)c(C#N)c(=O)n(CC)c2N2CCC(C)CC2)SC1=S. The standard InChI is InChI=1S/C27H38N4O2S2/c1-6-9-10-20(7-2)17-31-26(33)23(35-27(31)34)15-21-19(5)22(16-28)25(32)30(8-3)24(21)29-13-11-18(4)12-14-29/h15,18,20H,6-14,17H2,1-5H3/b23-15-. The second kappa shape index (κ2) is 12.2. The Morgan fingerprint density at radius 2 is 1.91 bits per heavy atom. The lowest BCUT2D eigenvalue weighted by atomic mass is 9.97. The van der Waals surface area contributed by atoms with Crippen molar-refractivity contribution in [2.24, 2.45) is 11.8 Å². The highest BCUT2D eigenvalue weighted by Crippen LogP contribution is 2.37. The zero-order valence-electron chi connectivity index (χ0n) is 21.7. The van der Waals surface area contributed by atoms with E-state index >= 15 is 0 Å². The lowest BCUT2D eigenvalue weighted by Crippen LogP contribution is -2.39. The molecule has 0 N–H and O–H groups in total. The highest BCUT2D eigenvalue weighted by atomic mass is 32.2. The molecule has 0 aromatic carbocycles. The summed E-state index contributed by atoms with van der Waals surface area (Å²) in [6, 6.07) is 2.11. The molecule has 35 heavy (non-hydrogen) atoms. The van der Waals surface area contributed by atoms with Gasteiger partial charge in [-0.15, -0.1) is 0 Å². The Morgan fingerprint density at radius 1 is 1.23 bits per heavy atom.